The van der Waals surface area contributed by atoms with Crippen molar-refractivity contribution in [2.45, 2.75) is 18.7 Å². The molecule has 0 aliphatic rings. The van der Waals surface area contributed by atoms with Crippen molar-refractivity contribution in [3.05, 3.63) is 44.2 Å². The summed E-state index contributed by atoms with van der Waals surface area (Å²) in [5, 5.41) is 3.85. The molecule has 1 aromatic carbocycles. The number of hydrogen-bond donors (Lipinski definition) is 2. The van der Waals surface area contributed by atoms with Crippen LogP contribution in [0.4, 0.5) is 5.00 Å². The van der Waals surface area contributed by atoms with Gasteiger partial charge in [0, 0.05) is 9.92 Å². The monoisotopic (exact) mass is 446 g/mol. The van der Waals surface area contributed by atoms with Crippen LogP contribution < -0.4 is 11.1 Å². The number of primary amides is 1. The van der Waals surface area contributed by atoms with E-state index in [1.54, 1.807) is 32.0 Å². The number of thiophene rings is 1. The van der Waals surface area contributed by atoms with Crippen molar-refractivity contribution in [2.75, 3.05) is 17.7 Å². The molecule has 0 saturated carbocycles. The molecule has 0 bridgehead atoms. The third kappa shape index (κ3) is 5.38. The van der Waals surface area contributed by atoms with Crippen LogP contribution >= 0.6 is 46.3 Å². The number of nitrogens with two attached hydrogens (primary N) is 1. The molecule has 1 heterocycles. The van der Waals surface area contributed by atoms with Gasteiger partial charge >= 0.3 is 5.97 Å². The van der Waals surface area contributed by atoms with Gasteiger partial charge < -0.3 is 15.8 Å². The number of hydrogen-bond acceptors (Lipinski definition) is 6. The van der Waals surface area contributed by atoms with Crippen molar-refractivity contribution in [3.63, 3.8) is 0 Å². The van der Waals surface area contributed by atoms with Gasteiger partial charge in [-0.2, -0.15) is 0 Å². The SMILES string of the molecule is CCOC(=O)c1c(NC(=O)CSc2cc(Cl)ccc2Cl)sc(C(N)=O)c1C. The minimum Gasteiger partial charge on any atom is -0.462 e. The molecular formula is C17H16Cl2N2O4S2. The number of anilines is 1. The number of ether oxygens (including phenoxy) is 1. The fourth-order valence-electron chi connectivity index (χ4n) is 2.18. The van der Waals surface area contributed by atoms with E-state index in [1.807, 2.05) is 0 Å². The van der Waals surface area contributed by atoms with Crippen LogP contribution in [0.2, 0.25) is 10.0 Å². The predicted octanol–water partition coefficient (Wildman–Crippen LogP) is 4.37. The van der Waals surface area contributed by atoms with Crippen LogP contribution in [-0.4, -0.2) is 30.1 Å². The molecule has 1 aromatic heterocycles. The molecule has 0 aliphatic carbocycles. The molecule has 0 atom stereocenters. The van der Waals surface area contributed by atoms with Crippen LogP contribution in [-0.2, 0) is 9.53 Å². The summed E-state index contributed by atoms with van der Waals surface area (Å²) < 4.78 is 5.01. The molecule has 3 N–H and O–H groups in total. The molecule has 10 heteroatoms. The molecule has 27 heavy (non-hydrogen) atoms. The van der Waals surface area contributed by atoms with E-state index in [1.165, 1.54) is 11.8 Å². The van der Waals surface area contributed by atoms with E-state index >= 15 is 0 Å². The number of halogens is 2. The van der Waals surface area contributed by atoms with E-state index in [2.05, 4.69) is 5.32 Å². The third-order valence-electron chi connectivity index (χ3n) is 3.36. The Kier molecular flexibility index (Phi) is 7.55. The lowest BCUT2D eigenvalue weighted by atomic mass is 10.1. The molecule has 0 aliphatic heterocycles. The van der Waals surface area contributed by atoms with Crippen molar-refractivity contribution >= 4 is 69.1 Å². The molecule has 0 spiro atoms. The summed E-state index contributed by atoms with van der Waals surface area (Å²) in [5.74, 6) is -1.65. The number of nitrogens with one attached hydrogen (secondary N) is 1. The van der Waals surface area contributed by atoms with Gasteiger partial charge in [0.1, 0.15) is 5.00 Å². The van der Waals surface area contributed by atoms with E-state index in [4.69, 9.17) is 33.7 Å². The van der Waals surface area contributed by atoms with Crippen LogP contribution in [0.3, 0.4) is 0 Å². The van der Waals surface area contributed by atoms with Crippen LogP contribution in [0.5, 0.6) is 0 Å². The lowest BCUT2D eigenvalue weighted by molar-refractivity contribution is -0.113. The number of thioether (sulfide) groups is 1. The van der Waals surface area contributed by atoms with Crippen molar-refractivity contribution < 1.29 is 19.1 Å². The van der Waals surface area contributed by atoms with Gasteiger partial charge in [0.2, 0.25) is 5.91 Å². The van der Waals surface area contributed by atoms with E-state index in [0.717, 1.165) is 11.3 Å². The maximum atomic E-state index is 12.3. The number of benzene rings is 1. The van der Waals surface area contributed by atoms with Crippen molar-refractivity contribution in [1.29, 1.82) is 0 Å². The number of esters is 1. The van der Waals surface area contributed by atoms with Crippen LogP contribution in [0.15, 0.2) is 23.1 Å². The van der Waals surface area contributed by atoms with Crippen molar-refractivity contribution in [1.82, 2.24) is 0 Å². The van der Waals surface area contributed by atoms with Gasteiger partial charge in [-0.15, -0.1) is 23.1 Å². The summed E-state index contributed by atoms with van der Waals surface area (Å²) >= 11 is 14.1. The first kappa shape index (κ1) is 21.6. The normalized spacial score (nSPS) is 10.5. The van der Waals surface area contributed by atoms with E-state index < -0.39 is 11.9 Å². The van der Waals surface area contributed by atoms with Crippen molar-refractivity contribution in [3.8, 4) is 0 Å². The molecule has 0 saturated heterocycles. The minimum absolute atomic E-state index is 0.0329. The third-order valence-corrected chi connectivity index (χ3v) is 6.31. The Bertz CT molecular complexity index is 899. The first-order chi connectivity index (χ1) is 12.7. The zero-order valence-electron chi connectivity index (χ0n) is 14.4. The molecule has 144 valence electrons. The van der Waals surface area contributed by atoms with Gasteiger partial charge in [-0.25, -0.2) is 4.79 Å². The largest absolute Gasteiger partial charge is 0.462 e. The summed E-state index contributed by atoms with van der Waals surface area (Å²) in [6, 6.07) is 4.95. The molecule has 0 unspecified atom stereocenters. The Labute approximate surface area is 174 Å². The van der Waals surface area contributed by atoms with Crippen molar-refractivity contribution in [2.24, 2.45) is 5.73 Å². The topological polar surface area (TPSA) is 98.5 Å². The maximum Gasteiger partial charge on any atom is 0.341 e. The Hall–Kier alpha value is -1.74. The van der Waals surface area contributed by atoms with Gasteiger partial charge in [0.25, 0.3) is 5.91 Å². The fourth-order valence-corrected chi connectivity index (χ4v) is 4.54. The van der Waals surface area contributed by atoms with Crippen LogP contribution in [0.25, 0.3) is 0 Å². The second-order valence-corrected chi connectivity index (χ2v) is 8.14. The van der Waals surface area contributed by atoms with Crippen LogP contribution in [0.1, 0.15) is 32.5 Å². The molecule has 2 rings (SSSR count). The first-order valence-electron chi connectivity index (χ1n) is 7.72. The lowest BCUT2D eigenvalue weighted by Gasteiger charge is -2.08. The quantitative estimate of drug-likeness (QED) is 0.485. The molecule has 0 radical (unpaired) electrons. The minimum atomic E-state index is -0.677. The highest BCUT2D eigenvalue weighted by atomic mass is 35.5. The summed E-state index contributed by atoms with van der Waals surface area (Å²) in [5.41, 5.74) is 5.86. The molecular weight excluding hydrogens is 431 g/mol. The second kappa shape index (κ2) is 9.45. The number of carbonyl (C=O) groups is 3. The van der Waals surface area contributed by atoms with E-state index in [9.17, 15) is 14.4 Å². The average Bonchev–Trinajstić information content (AvgIpc) is 2.92. The first-order valence-corrected chi connectivity index (χ1v) is 10.3. The zero-order valence-corrected chi connectivity index (χ0v) is 17.6. The lowest BCUT2D eigenvalue weighted by Crippen LogP contribution is -2.16. The van der Waals surface area contributed by atoms with Crippen LogP contribution in [0, 0.1) is 6.92 Å². The Morgan fingerprint density at radius 1 is 1.30 bits per heavy atom. The number of amides is 2. The van der Waals surface area contributed by atoms with Gasteiger partial charge in [-0.05, 0) is 37.6 Å². The van der Waals surface area contributed by atoms with Gasteiger partial charge in [-0.3, -0.25) is 9.59 Å². The Morgan fingerprint density at radius 3 is 2.63 bits per heavy atom. The molecule has 0 fully saturated rings. The van der Waals surface area contributed by atoms with Gasteiger partial charge in [-0.1, -0.05) is 23.2 Å². The summed E-state index contributed by atoms with van der Waals surface area (Å²) in [6.07, 6.45) is 0. The average molecular weight is 447 g/mol. The van der Waals surface area contributed by atoms with E-state index in [-0.39, 0.29) is 33.7 Å². The Balaban J connectivity index is 2.19. The summed E-state index contributed by atoms with van der Waals surface area (Å²) in [4.78, 5) is 37.0. The molecule has 2 amide bonds. The summed E-state index contributed by atoms with van der Waals surface area (Å²) in [7, 11) is 0. The highest BCUT2D eigenvalue weighted by Gasteiger charge is 2.25. The second-order valence-electron chi connectivity index (χ2n) is 5.26. The van der Waals surface area contributed by atoms with Gasteiger partial charge in [0.15, 0.2) is 0 Å². The zero-order chi connectivity index (χ0) is 20.1. The predicted molar refractivity (Wildman–Crippen MR) is 109 cm³/mol. The maximum absolute atomic E-state index is 12.3. The standard InChI is InChI=1S/C17H16Cl2N2O4S2/c1-3-25-17(24)13-8(2)14(15(20)23)27-16(13)21-12(22)7-26-11-6-9(18)4-5-10(11)19/h4-6H,3,7H2,1-2H3,(H2,20,23)(H,21,22). The molecule has 2 aromatic rings. The van der Waals surface area contributed by atoms with E-state index in [0.29, 0.717) is 20.5 Å². The highest BCUT2D eigenvalue weighted by molar-refractivity contribution is 8.00. The smallest absolute Gasteiger partial charge is 0.341 e. The van der Waals surface area contributed by atoms with Gasteiger partial charge in [0.05, 0.1) is 27.8 Å². The summed E-state index contributed by atoms with van der Waals surface area (Å²) in [6.45, 7) is 3.41. The number of rotatable bonds is 7. The number of carbonyl (C=O) groups excluding carboxylic acids is 3. The Morgan fingerprint density at radius 2 is 2.00 bits per heavy atom. The molecule has 6 nitrogen and oxygen atoms in total. The fraction of sp³-hybridized carbons (Fsp3) is 0.235. The highest BCUT2D eigenvalue weighted by Crippen LogP contribution is 2.34.